The number of β-amino-alcohol motifs (C(OH)–C–C–N with tert-alkyl or cyclic N) is 1. The average Bonchev–Trinajstić information content (AvgIpc) is 3.20. The maximum absolute atomic E-state index is 12.6. The maximum Gasteiger partial charge on any atom is 0.272 e. The van der Waals surface area contributed by atoms with Gasteiger partial charge in [0.25, 0.3) is 5.91 Å². The van der Waals surface area contributed by atoms with Gasteiger partial charge in [-0.1, -0.05) is 12.1 Å². The Labute approximate surface area is 147 Å². The molecule has 1 aromatic heterocycles. The van der Waals surface area contributed by atoms with E-state index in [1.54, 1.807) is 36.0 Å². The van der Waals surface area contributed by atoms with Crippen LogP contribution in [0, 0.1) is 0 Å². The van der Waals surface area contributed by atoms with Gasteiger partial charge in [-0.15, -0.1) is 0 Å². The number of carbonyl (C=O) groups is 1. The first-order valence-electron chi connectivity index (χ1n) is 8.28. The number of likely N-dealkylation sites (N-methyl/N-ethyl adjacent to an activating group) is 1. The molecule has 1 fully saturated rings. The van der Waals surface area contributed by atoms with Gasteiger partial charge in [-0.3, -0.25) is 14.4 Å². The first kappa shape index (κ1) is 17.4. The highest BCUT2D eigenvalue weighted by Gasteiger charge is 2.37. The van der Waals surface area contributed by atoms with Crippen LogP contribution in [0.2, 0.25) is 0 Å². The van der Waals surface area contributed by atoms with Crippen molar-refractivity contribution in [3.8, 4) is 5.75 Å². The fourth-order valence-corrected chi connectivity index (χ4v) is 3.25. The van der Waals surface area contributed by atoms with Crippen molar-refractivity contribution >= 4 is 5.91 Å². The second-order valence-corrected chi connectivity index (χ2v) is 6.45. The topological polar surface area (TPSA) is 70.8 Å². The molecule has 2 atom stereocenters. The van der Waals surface area contributed by atoms with Crippen LogP contribution in [0.4, 0.5) is 0 Å². The third-order valence-electron chi connectivity index (χ3n) is 4.74. The number of nitrogens with zero attached hydrogens (tertiary/aromatic N) is 4. The summed E-state index contributed by atoms with van der Waals surface area (Å²) in [5.41, 5.74) is 1.66. The molecule has 134 valence electrons. The Morgan fingerprint density at radius 1 is 1.32 bits per heavy atom. The summed E-state index contributed by atoms with van der Waals surface area (Å²) in [5, 5.41) is 14.5. The van der Waals surface area contributed by atoms with Crippen LogP contribution in [0.1, 0.15) is 16.1 Å². The molecule has 2 heterocycles. The van der Waals surface area contributed by atoms with Gasteiger partial charge in [0.2, 0.25) is 0 Å². The summed E-state index contributed by atoms with van der Waals surface area (Å²) >= 11 is 0. The molecule has 1 saturated heterocycles. The molecule has 0 bridgehead atoms. The van der Waals surface area contributed by atoms with Crippen molar-refractivity contribution in [1.82, 2.24) is 19.6 Å². The molecule has 25 heavy (non-hydrogen) atoms. The highest BCUT2D eigenvalue weighted by Crippen LogP contribution is 2.20. The van der Waals surface area contributed by atoms with Crippen LogP contribution >= 0.6 is 0 Å². The molecule has 1 amide bonds. The van der Waals surface area contributed by atoms with Crippen molar-refractivity contribution in [1.29, 1.82) is 0 Å². The van der Waals surface area contributed by atoms with Crippen molar-refractivity contribution in [3.05, 3.63) is 47.8 Å². The third kappa shape index (κ3) is 3.67. The summed E-state index contributed by atoms with van der Waals surface area (Å²) in [7, 11) is 5.35. The summed E-state index contributed by atoms with van der Waals surface area (Å²) in [5.74, 6) is 0.722. The van der Waals surface area contributed by atoms with Crippen LogP contribution in [0.3, 0.4) is 0 Å². The molecule has 0 radical (unpaired) electrons. The number of benzene rings is 1. The second kappa shape index (κ2) is 7.25. The van der Waals surface area contributed by atoms with Gasteiger partial charge >= 0.3 is 0 Å². The molecule has 1 aromatic carbocycles. The molecule has 7 heteroatoms. The Hall–Kier alpha value is -2.38. The number of aryl methyl sites for hydroxylation is 1. The number of amides is 1. The number of rotatable bonds is 5. The largest absolute Gasteiger partial charge is 0.497 e. The molecule has 0 saturated carbocycles. The van der Waals surface area contributed by atoms with Gasteiger partial charge in [0.1, 0.15) is 11.4 Å². The Kier molecular flexibility index (Phi) is 5.06. The second-order valence-electron chi connectivity index (χ2n) is 6.45. The van der Waals surface area contributed by atoms with E-state index >= 15 is 0 Å². The number of ether oxygens (including phenoxy) is 1. The number of likely N-dealkylation sites (tertiary alicyclic amines) is 1. The molecule has 1 N–H and O–H groups in total. The van der Waals surface area contributed by atoms with E-state index in [9.17, 15) is 9.90 Å². The Balaban J connectivity index is 1.64. The van der Waals surface area contributed by atoms with Gasteiger partial charge in [0.15, 0.2) is 0 Å². The van der Waals surface area contributed by atoms with Crippen molar-refractivity contribution < 1.29 is 14.6 Å². The van der Waals surface area contributed by atoms with Crippen LogP contribution in [0.5, 0.6) is 5.75 Å². The van der Waals surface area contributed by atoms with Crippen LogP contribution < -0.4 is 4.74 Å². The Morgan fingerprint density at radius 3 is 2.64 bits per heavy atom. The van der Waals surface area contributed by atoms with Crippen molar-refractivity contribution in [2.75, 3.05) is 27.2 Å². The monoisotopic (exact) mass is 344 g/mol. The standard InChI is InChI=1S/C18H24N4O3/c1-20(10-13-4-6-14(25-3)7-5-13)16-11-22(12-17(16)23)18(24)15-8-9-19-21(15)2/h4-9,16-17,23H,10-12H2,1-3H3/t16-,17-/m1/s1. The van der Waals surface area contributed by atoms with E-state index in [4.69, 9.17) is 4.74 Å². The van der Waals surface area contributed by atoms with Gasteiger partial charge in [-0.25, -0.2) is 0 Å². The number of hydrogen-bond acceptors (Lipinski definition) is 5. The van der Waals surface area contributed by atoms with E-state index in [2.05, 4.69) is 10.00 Å². The zero-order chi connectivity index (χ0) is 18.0. The number of aromatic nitrogens is 2. The van der Waals surface area contributed by atoms with Gasteiger partial charge in [-0.05, 0) is 30.8 Å². The fourth-order valence-electron chi connectivity index (χ4n) is 3.25. The van der Waals surface area contributed by atoms with Crippen LogP contribution in [-0.2, 0) is 13.6 Å². The fraction of sp³-hybridized carbons (Fsp3) is 0.444. The smallest absolute Gasteiger partial charge is 0.272 e. The lowest BCUT2D eigenvalue weighted by Gasteiger charge is -2.26. The highest BCUT2D eigenvalue weighted by molar-refractivity contribution is 5.92. The lowest BCUT2D eigenvalue weighted by Crippen LogP contribution is -2.40. The Morgan fingerprint density at radius 2 is 2.04 bits per heavy atom. The van der Waals surface area contributed by atoms with Gasteiger partial charge < -0.3 is 14.7 Å². The normalized spacial score (nSPS) is 20.3. The number of aliphatic hydroxyl groups excluding tert-OH is 1. The molecular formula is C18H24N4O3. The van der Waals surface area contributed by atoms with E-state index in [-0.39, 0.29) is 11.9 Å². The van der Waals surface area contributed by atoms with Crippen molar-refractivity contribution in [2.24, 2.45) is 7.05 Å². The summed E-state index contributed by atoms with van der Waals surface area (Å²) in [6.45, 7) is 1.53. The zero-order valence-electron chi connectivity index (χ0n) is 14.8. The minimum absolute atomic E-state index is 0.0978. The van der Waals surface area contributed by atoms with Crippen molar-refractivity contribution in [3.63, 3.8) is 0 Å². The van der Waals surface area contributed by atoms with Crippen LogP contribution in [-0.4, -0.2) is 70.0 Å². The number of aliphatic hydroxyl groups is 1. The van der Waals surface area contributed by atoms with E-state index in [0.29, 0.717) is 25.3 Å². The quantitative estimate of drug-likeness (QED) is 0.867. The first-order chi connectivity index (χ1) is 12.0. The van der Waals surface area contributed by atoms with Gasteiger partial charge in [0, 0.05) is 32.9 Å². The molecule has 0 spiro atoms. The highest BCUT2D eigenvalue weighted by atomic mass is 16.5. The minimum atomic E-state index is -0.569. The lowest BCUT2D eigenvalue weighted by molar-refractivity contribution is 0.0752. The maximum atomic E-state index is 12.6. The number of hydrogen-bond donors (Lipinski definition) is 1. The van der Waals surface area contributed by atoms with Crippen LogP contribution in [0.25, 0.3) is 0 Å². The molecule has 0 unspecified atom stereocenters. The van der Waals surface area contributed by atoms with E-state index in [1.165, 1.54) is 0 Å². The predicted octanol–water partition coefficient (Wildman–Crippen LogP) is 0.746. The molecular weight excluding hydrogens is 320 g/mol. The van der Waals surface area contributed by atoms with Gasteiger partial charge in [0.05, 0.1) is 19.3 Å². The van der Waals surface area contributed by atoms with Crippen LogP contribution in [0.15, 0.2) is 36.5 Å². The lowest BCUT2D eigenvalue weighted by atomic mass is 10.1. The molecule has 1 aliphatic rings. The van der Waals surface area contributed by atoms with Crippen molar-refractivity contribution in [2.45, 2.75) is 18.7 Å². The minimum Gasteiger partial charge on any atom is -0.497 e. The number of carbonyl (C=O) groups excluding carboxylic acids is 1. The third-order valence-corrected chi connectivity index (χ3v) is 4.74. The molecule has 7 nitrogen and oxygen atoms in total. The van der Waals surface area contributed by atoms with E-state index in [0.717, 1.165) is 11.3 Å². The van der Waals surface area contributed by atoms with E-state index in [1.807, 2.05) is 31.3 Å². The average molecular weight is 344 g/mol. The SMILES string of the molecule is COc1ccc(CN(C)[C@@H]2CN(C(=O)c3ccnn3C)C[C@H]2O)cc1. The summed E-state index contributed by atoms with van der Waals surface area (Å²) in [6, 6.07) is 9.46. The number of methoxy groups -OCH3 is 1. The predicted molar refractivity (Wildman–Crippen MR) is 93.4 cm³/mol. The summed E-state index contributed by atoms with van der Waals surface area (Å²) in [6.07, 6.45) is 1.04. The van der Waals surface area contributed by atoms with Gasteiger partial charge in [-0.2, -0.15) is 5.10 Å². The Bertz CT molecular complexity index is 728. The summed E-state index contributed by atoms with van der Waals surface area (Å²) in [4.78, 5) is 16.4. The molecule has 2 aromatic rings. The van der Waals surface area contributed by atoms with E-state index < -0.39 is 6.10 Å². The molecule has 3 rings (SSSR count). The molecule has 1 aliphatic heterocycles. The molecule has 0 aliphatic carbocycles. The summed E-state index contributed by atoms with van der Waals surface area (Å²) < 4.78 is 6.73. The first-order valence-corrected chi connectivity index (χ1v) is 8.28. The zero-order valence-corrected chi connectivity index (χ0v) is 14.8.